The molecule has 2 amide bonds. The highest BCUT2D eigenvalue weighted by molar-refractivity contribution is 5.96. The van der Waals surface area contributed by atoms with Crippen molar-refractivity contribution in [2.45, 2.75) is 32.5 Å². The van der Waals surface area contributed by atoms with Crippen LogP contribution in [0.5, 0.6) is 5.75 Å². The largest absolute Gasteiger partial charge is 0.489 e. The molecule has 0 radical (unpaired) electrons. The van der Waals surface area contributed by atoms with Gasteiger partial charge in [-0.3, -0.25) is 4.90 Å². The Balaban J connectivity index is 1.58. The average molecular weight is 437 g/mol. The Morgan fingerprint density at radius 3 is 2.31 bits per heavy atom. The Morgan fingerprint density at radius 1 is 1.00 bits per heavy atom. The number of halogens is 2. The molecule has 1 heterocycles. The first-order chi connectivity index (χ1) is 15.3. The van der Waals surface area contributed by atoms with E-state index >= 15 is 0 Å². The predicted octanol–water partition coefficient (Wildman–Crippen LogP) is 5.23. The van der Waals surface area contributed by atoms with Crippen molar-refractivity contribution in [2.24, 2.45) is 5.73 Å². The Hall–Kier alpha value is -3.61. The van der Waals surface area contributed by atoms with E-state index in [0.29, 0.717) is 13.2 Å². The molecule has 166 valence electrons. The highest BCUT2D eigenvalue weighted by Crippen LogP contribution is 2.43. The SMILES string of the molecule is CC1(C)CN(C(N)=O)c2ccc(F)c(F)c2N1Cc1ccc(COc2ccccc2)cc1. The number of nitrogens with two attached hydrogens (primary N) is 1. The molecule has 3 aromatic rings. The van der Waals surface area contributed by atoms with Gasteiger partial charge < -0.3 is 15.4 Å². The Kier molecular flexibility index (Phi) is 5.74. The van der Waals surface area contributed by atoms with Crippen LogP contribution in [0, 0.1) is 11.6 Å². The van der Waals surface area contributed by atoms with Crippen molar-refractivity contribution >= 4 is 17.4 Å². The molecule has 0 spiro atoms. The molecule has 0 bridgehead atoms. The number of urea groups is 1. The van der Waals surface area contributed by atoms with Gasteiger partial charge in [-0.2, -0.15) is 0 Å². The maximum absolute atomic E-state index is 14.9. The average Bonchev–Trinajstić information content (AvgIpc) is 2.77. The number of nitrogens with zero attached hydrogens (tertiary/aromatic N) is 2. The van der Waals surface area contributed by atoms with Crippen LogP contribution in [0.25, 0.3) is 0 Å². The summed E-state index contributed by atoms with van der Waals surface area (Å²) in [4.78, 5) is 15.0. The summed E-state index contributed by atoms with van der Waals surface area (Å²) in [6, 6.07) is 19.0. The number of carbonyl (C=O) groups excluding carboxylic acids is 1. The van der Waals surface area contributed by atoms with Crippen LogP contribution in [-0.4, -0.2) is 18.1 Å². The molecule has 0 unspecified atom stereocenters. The third-order valence-corrected chi connectivity index (χ3v) is 5.66. The molecule has 0 fully saturated rings. The summed E-state index contributed by atoms with van der Waals surface area (Å²) in [6.07, 6.45) is 0. The number of para-hydroxylation sites is 1. The molecule has 7 heteroatoms. The fourth-order valence-electron chi connectivity index (χ4n) is 3.96. The first-order valence-electron chi connectivity index (χ1n) is 10.3. The predicted molar refractivity (Wildman–Crippen MR) is 121 cm³/mol. The zero-order valence-electron chi connectivity index (χ0n) is 18.0. The molecule has 0 aliphatic carbocycles. The Labute approximate surface area is 186 Å². The van der Waals surface area contributed by atoms with Gasteiger partial charge in [0.25, 0.3) is 0 Å². The third-order valence-electron chi connectivity index (χ3n) is 5.66. The van der Waals surface area contributed by atoms with Crippen LogP contribution in [0.4, 0.5) is 25.0 Å². The van der Waals surface area contributed by atoms with Crippen LogP contribution in [0.1, 0.15) is 25.0 Å². The standard InChI is InChI=1S/C25H25F2N3O2/c1-25(2)16-29(24(28)31)21-13-12-20(26)22(27)23(21)30(25)14-17-8-10-18(11-9-17)15-32-19-6-4-3-5-7-19/h3-13H,14-16H2,1-2H3,(H2,28,31). The Morgan fingerprint density at radius 2 is 1.66 bits per heavy atom. The minimum absolute atomic E-state index is 0.0385. The highest BCUT2D eigenvalue weighted by Gasteiger charge is 2.40. The van der Waals surface area contributed by atoms with Gasteiger partial charge in [-0.05, 0) is 49.2 Å². The number of amides is 2. The lowest BCUT2D eigenvalue weighted by molar-refractivity contribution is 0.251. The molecular formula is C25H25F2N3O2. The maximum atomic E-state index is 14.9. The first kappa shape index (κ1) is 21.6. The van der Waals surface area contributed by atoms with Crippen LogP contribution >= 0.6 is 0 Å². The number of anilines is 2. The van der Waals surface area contributed by atoms with Gasteiger partial charge in [-0.15, -0.1) is 0 Å². The molecule has 0 atom stereocenters. The fourth-order valence-corrected chi connectivity index (χ4v) is 3.96. The monoisotopic (exact) mass is 437 g/mol. The van der Waals surface area contributed by atoms with E-state index in [9.17, 15) is 13.6 Å². The van der Waals surface area contributed by atoms with Gasteiger partial charge in [0, 0.05) is 6.54 Å². The minimum atomic E-state index is -0.991. The number of rotatable bonds is 5. The first-order valence-corrected chi connectivity index (χ1v) is 10.3. The normalized spacial score (nSPS) is 14.8. The van der Waals surface area contributed by atoms with E-state index in [1.807, 2.05) is 68.4 Å². The van der Waals surface area contributed by atoms with Crippen LogP contribution in [0.3, 0.4) is 0 Å². The number of fused-ring (bicyclic) bond motifs is 1. The zero-order chi connectivity index (χ0) is 22.9. The summed E-state index contributed by atoms with van der Waals surface area (Å²) in [6.45, 7) is 4.77. The lowest BCUT2D eigenvalue weighted by Gasteiger charge is -2.48. The summed E-state index contributed by atoms with van der Waals surface area (Å²) in [5.41, 5.74) is 7.06. The second-order valence-corrected chi connectivity index (χ2v) is 8.47. The van der Waals surface area contributed by atoms with Gasteiger partial charge in [0.15, 0.2) is 11.6 Å². The van der Waals surface area contributed by atoms with Crippen molar-refractivity contribution in [3.63, 3.8) is 0 Å². The Bertz CT molecular complexity index is 1120. The van der Waals surface area contributed by atoms with Crippen molar-refractivity contribution < 1.29 is 18.3 Å². The van der Waals surface area contributed by atoms with Crippen molar-refractivity contribution in [3.05, 3.63) is 89.5 Å². The molecule has 32 heavy (non-hydrogen) atoms. The van der Waals surface area contributed by atoms with Crippen LogP contribution in [-0.2, 0) is 13.2 Å². The lowest BCUT2D eigenvalue weighted by Crippen LogP contribution is -2.58. The lowest BCUT2D eigenvalue weighted by atomic mass is 9.94. The van der Waals surface area contributed by atoms with Gasteiger partial charge in [-0.1, -0.05) is 42.5 Å². The number of benzene rings is 3. The molecule has 5 nitrogen and oxygen atoms in total. The van der Waals surface area contributed by atoms with E-state index in [2.05, 4.69) is 0 Å². The second kappa shape index (κ2) is 8.49. The van der Waals surface area contributed by atoms with Crippen molar-refractivity contribution in [3.8, 4) is 5.75 Å². The van der Waals surface area contributed by atoms with E-state index < -0.39 is 23.2 Å². The van der Waals surface area contributed by atoms with E-state index in [-0.39, 0.29) is 17.9 Å². The number of carbonyl (C=O) groups is 1. The van der Waals surface area contributed by atoms with Gasteiger partial charge in [0.05, 0.1) is 17.8 Å². The van der Waals surface area contributed by atoms with Crippen LogP contribution in [0.15, 0.2) is 66.7 Å². The highest BCUT2D eigenvalue weighted by atomic mass is 19.2. The molecule has 1 aliphatic rings. The quantitative estimate of drug-likeness (QED) is 0.595. The summed E-state index contributed by atoms with van der Waals surface area (Å²) in [5.74, 6) is -1.17. The van der Waals surface area contributed by atoms with Gasteiger partial charge in [0.2, 0.25) is 0 Å². The van der Waals surface area contributed by atoms with Crippen molar-refractivity contribution in [2.75, 3.05) is 16.3 Å². The number of primary amides is 1. The molecule has 4 rings (SSSR count). The van der Waals surface area contributed by atoms with Crippen molar-refractivity contribution in [1.29, 1.82) is 0 Å². The van der Waals surface area contributed by atoms with Crippen molar-refractivity contribution in [1.82, 2.24) is 0 Å². The second-order valence-electron chi connectivity index (χ2n) is 8.47. The number of hydrogen-bond acceptors (Lipinski definition) is 3. The summed E-state index contributed by atoms with van der Waals surface area (Å²) in [5, 5.41) is 0. The molecule has 2 N–H and O–H groups in total. The molecule has 0 saturated carbocycles. The molecule has 0 saturated heterocycles. The molecule has 3 aromatic carbocycles. The molecular weight excluding hydrogens is 412 g/mol. The number of ether oxygens (including phenoxy) is 1. The topological polar surface area (TPSA) is 58.8 Å². The van der Waals surface area contributed by atoms with E-state index in [4.69, 9.17) is 10.5 Å². The van der Waals surface area contributed by atoms with E-state index in [1.54, 1.807) is 4.90 Å². The van der Waals surface area contributed by atoms with Gasteiger partial charge >= 0.3 is 6.03 Å². The van der Waals surface area contributed by atoms with Gasteiger partial charge in [-0.25, -0.2) is 13.6 Å². The van der Waals surface area contributed by atoms with Crippen LogP contribution < -0.4 is 20.3 Å². The third kappa shape index (κ3) is 4.23. The zero-order valence-corrected chi connectivity index (χ0v) is 18.0. The fraction of sp³-hybridized carbons (Fsp3) is 0.240. The summed E-state index contributed by atoms with van der Waals surface area (Å²) in [7, 11) is 0. The smallest absolute Gasteiger partial charge is 0.319 e. The molecule has 0 aromatic heterocycles. The van der Waals surface area contributed by atoms with E-state index in [1.165, 1.54) is 11.0 Å². The summed E-state index contributed by atoms with van der Waals surface area (Å²) < 4.78 is 34.8. The summed E-state index contributed by atoms with van der Waals surface area (Å²) >= 11 is 0. The van der Waals surface area contributed by atoms with Gasteiger partial charge in [0.1, 0.15) is 18.0 Å². The maximum Gasteiger partial charge on any atom is 0.319 e. The molecule has 1 aliphatic heterocycles. The number of hydrogen-bond donors (Lipinski definition) is 1. The van der Waals surface area contributed by atoms with Crippen LogP contribution in [0.2, 0.25) is 0 Å². The minimum Gasteiger partial charge on any atom is -0.489 e. The van der Waals surface area contributed by atoms with E-state index in [0.717, 1.165) is 22.9 Å².